The Morgan fingerprint density at radius 1 is 1.50 bits per heavy atom. The van der Waals surface area contributed by atoms with Gasteiger partial charge in [-0.25, -0.2) is 0 Å². The second kappa shape index (κ2) is 4.63. The maximum Gasteiger partial charge on any atom is 0.257 e. The summed E-state index contributed by atoms with van der Waals surface area (Å²) in [6.45, 7) is 2.18. The van der Waals surface area contributed by atoms with E-state index in [4.69, 9.17) is 0 Å². The van der Waals surface area contributed by atoms with Gasteiger partial charge in [0, 0.05) is 42.6 Å². The molecule has 104 valence electrons. The molecule has 0 aromatic carbocycles. The number of aromatic amines is 1. The molecule has 0 saturated heterocycles. The van der Waals surface area contributed by atoms with E-state index in [1.165, 1.54) is 10.6 Å². The molecule has 2 heterocycles. The standard InChI is InChI=1S/C14H16N4O2/c1-8-5-10(8)11-7-12(17-16-11)15-14(20)9-3-4-18(2)13(19)6-9/h3-4,6-8,10H,5H2,1-2H3,(H2,15,16,17,20)/t8-,10-/m0/s1. The number of aryl methyl sites for hydroxylation is 1. The van der Waals surface area contributed by atoms with Crippen molar-refractivity contribution in [3.63, 3.8) is 0 Å². The Balaban J connectivity index is 1.73. The molecule has 1 aliphatic rings. The van der Waals surface area contributed by atoms with Gasteiger partial charge in [0.25, 0.3) is 11.5 Å². The van der Waals surface area contributed by atoms with E-state index in [2.05, 4.69) is 22.4 Å². The zero-order valence-electron chi connectivity index (χ0n) is 11.4. The minimum Gasteiger partial charge on any atom is -0.319 e. The summed E-state index contributed by atoms with van der Waals surface area (Å²) in [4.78, 5) is 23.5. The van der Waals surface area contributed by atoms with Gasteiger partial charge in [0.15, 0.2) is 5.82 Å². The molecule has 1 amide bonds. The van der Waals surface area contributed by atoms with E-state index in [1.54, 1.807) is 19.3 Å². The van der Waals surface area contributed by atoms with E-state index in [0.29, 0.717) is 23.2 Å². The lowest BCUT2D eigenvalue weighted by Crippen LogP contribution is -2.20. The largest absolute Gasteiger partial charge is 0.319 e. The average molecular weight is 272 g/mol. The third kappa shape index (κ3) is 2.36. The monoisotopic (exact) mass is 272 g/mol. The third-order valence-electron chi connectivity index (χ3n) is 3.71. The maximum atomic E-state index is 12.0. The van der Waals surface area contributed by atoms with Crippen molar-refractivity contribution < 1.29 is 4.79 Å². The van der Waals surface area contributed by atoms with Gasteiger partial charge in [-0.05, 0) is 18.4 Å². The summed E-state index contributed by atoms with van der Waals surface area (Å²) in [6, 6.07) is 4.77. The van der Waals surface area contributed by atoms with Crippen LogP contribution in [0.25, 0.3) is 0 Å². The predicted octanol–water partition coefficient (Wildman–Crippen LogP) is 1.48. The first kappa shape index (κ1) is 12.7. The Bertz CT molecular complexity index is 716. The van der Waals surface area contributed by atoms with Crippen LogP contribution in [0.4, 0.5) is 5.82 Å². The van der Waals surface area contributed by atoms with Crippen molar-refractivity contribution >= 4 is 11.7 Å². The highest BCUT2D eigenvalue weighted by Crippen LogP contribution is 2.46. The van der Waals surface area contributed by atoms with Crippen LogP contribution in [0, 0.1) is 5.92 Å². The molecule has 1 saturated carbocycles. The second-order valence-corrected chi connectivity index (χ2v) is 5.35. The molecule has 6 heteroatoms. The summed E-state index contributed by atoms with van der Waals surface area (Å²) in [5.74, 6) is 1.36. The van der Waals surface area contributed by atoms with Gasteiger partial charge in [0.1, 0.15) is 0 Å². The quantitative estimate of drug-likeness (QED) is 0.888. The van der Waals surface area contributed by atoms with Crippen LogP contribution in [0.15, 0.2) is 29.2 Å². The fraction of sp³-hybridized carbons (Fsp3) is 0.357. The Morgan fingerprint density at radius 3 is 2.90 bits per heavy atom. The highest BCUT2D eigenvalue weighted by Gasteiger charge is 2.35. The Labute approximate surface area is 115 Å². The molecule has 2 atom stereocenters. The second-order valence-electron chi connectivity index (χ2n) is 5.35. The third-order valence-corrected chi connectivity index (χ3v) is 3.71. The summed E-state index contributed by atoms with van der Waals surface area (Å²) < 4.78 is 1.41. The summed E-state index contributed by atoms with van der Waals surface area (Å²) in [5.41, 5.74) is 1.17. The number of anilines is 1. The van der Waals surface area contributed by atoms with Gasteiger partial charge in [-0.3, -0.25) is 14.7 Å². The number of nitrogens with one attached hydrogen (secondary N) is 2. The number of aromatic nitrogens is 3. The van der Waals surface area contributed by atoms with E-state index in [0.717, 1.165) is 12.1 Å². The molecule has 1 fully saturated rings. The first-order valence-electron chi connectivity index (χ1n) is 6.58. The minimum absolute atomic E-state index is 0.216. The number of hydrogen-bond acceptors (Lipinski definition) is 3. The fourth-order valence-electron chi connectivity index (χ4n) is 2.22. The lowest BCUT2D eigenvalue weighted by molar-refractivity contribution is 0.102. The van der Waals surface area contributed by atoms with Crippen LogP contribution in [0.1, 0.15) is 35.3 Å². The molecule has 0 spiro atoms. The molecule has 3 rings (SSSR count). The van der Waals surface area contributed by atoms with E-state index < -0.39 is 0 Å². The zero-order valence-corrected chi connectivity index (χ0v) is 11.4. The molecule has 2 aromatic rings. The fourth-order valence-corrected chi connectivity index (χ4v) is 2.22. The number of amides is 1. The number of carbonyl (C=O) groups excluding carboxylic acids is 1. The first-order chi connectivity index (χ1) is 9.54. The number of rotatable bonds is 3. The van der Waals surface area contributed by atoms with Gasteiger partial charge in [-0.2, -0.15) is 5.10 Å². The minimum atomic E-state index is -0.329. The van der Waals surface area contributed by atoms with E-state index >= 15 is 0 Å². The summed E-state index contributed by atoms with van der Waals surface area (Å²) in [5, 5.41) is 9.72. The maximum absolute atomic E-state index is 12.0. The molecule has 1 aliphatic carbocycles. The van der Waals surface area contributed by atoms with Gasteiger partial charge in [0.05, 0.1) is 0 Å². The smallest absolute Gasteiger partial charge is 0.257 e. The Hall–Kier alpha value is -2.37. The van der Waals surface area contributed by atoms with Crippen molar-refractivity contribution in [1.82, 2.24) is 14.8 Å². The molecule has 2 aromatic heterocycles. The molecular formula is C14H16N4O2. The van der Waals surface area contributed by atoms with Gasteiger partial charge < -0.3 is 9.88 Å². The topological polar surface area (TPSA) is 79.8 Å². The number of hydrogen-bond donors (Lipinski definition) is 2. The van der Waals surface area contributed by atoms with Crippen LogP contribution in [-0.4, -0.2) is 20.7 Å². The van der Waals surface area contributed by atoms with E-state index in [1.807, 2.05) is 6.07 Å². The van der Waals surface area contributed by atoms with Gasteiger partial charge in [-0.1, -0.05) is 6.92 Å². The SMILES string of the molecule is C[C@H]1C[C@@H]1c1cc(NC(=O)c2ccn(C)c(=O)c2)n[nH]1. The van der Waals surface area contributed by atoms with Crippen LogP contribution in [0.3, 0.4) is 0 Å². The van der Waals surface area contributed by atoms with Gasteiger partial charge >= 0.3 is 0 Å². The van der Waals surface area contributed by atoms with Crippen molar-refractivity contribution in [2.24, 2.45) is 13.0 Å². The molecule has 0 unspecified atom stereocenters. The van der Waals surface area contributed by atoms with Gasteiger partial charge in [-0.15, -0.1) is 0 Å². The Morgan fingerprint density at radius 2 is 2.25 bits per heavy atom. The predicted molar refractivity (Wildman–Crippen MR) is 74.7 cm³/mol. The number of H-pyrrole nitrogens is 1. The molecule has 20 heavy (non-hydrogen) atoms. The number of pyridine rings is 1. The molecular weight excluding hydrogens is 256 g/mol. The molecule has 6 nitrogen and oxygen atoms in total. The average Bonchev–Trinajstić information content (AvgIpc) is 2.96. The van der Waals surface area contributed by atoms with Gasteiger partial charge in [0.2, 0.25) is 0 Å². The molecule has 0 bridgehead atoms. The van der Waals surface area contributed by atoms with Crippen molar-refractivity contribution in [3.8, 4) is 0 Å². The number of carbonyl (C=O) groups is 1. The van der Waals surface area contributed by atoms with Crippen molar-refractivity contribution in [1.29, 1.82) is 0 Å². The summed E-state index contributed by atoms with van der Waals surface area (Å²) in [6.07, 6.45) is 2.73. The first-order valence-corrected chi connectivity index (χ1v) is 6.58. The van der Waals surface area contributed by atoms with Crippen LogP contribution in [-0.2, 0) is 7.05 Å². The highest BCUT2D eigenvalue weighted by molar-refractivity contribution is 6.03. The highest BCUT2D eigenvalue weighted by atomic mass is 16.2. The lowest BCUT2D eigenvalue weighted by Gasteiger charge is -2.02. The summed E-state index contributed by atoms with van der Waals surface area (Å²) >= 11 is 0. The van der Waals surface area contributed by atoms with E-state index in [-0.39, 0.29) is 11.5 Å². The van der Waals surface area contributed by atoms with Crippen LogP contribution >= 0.6 is 0 Å². The zero-order chi connectivity index (χ0) is 14.3. The molecule has 0 aliphatic heterocycles. The lowest BCUT2D eigenvalue weighted by atomic mass is 10.2. The molecule has 2 N–H and O–H groups in total. The van der Waals surface area contributed by atoms with Crippen LogP contribution in [0.5, 0.6) is 0 Å². The Kier molecular flexibility index (Phi) is 2.93. The summed E-state index contributed by atoms with van der Waals surface area (Å²) in [7, 11) is 1.64. The normalized spacial score (nSPS) is 20.7. The van der Waals surface area contributed by atoms with Crippen LogP contribution < -0.4 is 10.9 Å². The van der Waals surface area contributed by atoms with Crippen LogP contribution in [0.2, 0.25) is 0 Å². The van der Waals surface area contributed by atoms with E-state index in [9.17, 15) is 9.59 Å². The van der Waals surface area contributed by atoms with Crippen molar-refractivity contribution in [2.45, 2.75) is 19.3 Å². The number of nitrogens with zero attached hydrogens (tertiary/aromatic N) is 2. The van der Waals surface area contributed by atoms with Crippen molar-refractivity contribution in [2.75, 3.05) is 5.32 Å². The van der Waals surface area contributed by atoms with Crippen molar-refractivity contribution in [3.05, 3.63) is 46.0 Å². The molecule has 0 radical (unpaired) electrons.